The molecule has 1 heterocycles. The number of aryl methyl sites for hydroxylation is 2. The Kier molecular flexibility index (Phi) is 8.49. The Morgan fingerprint density at radius 1 is 1.09 bits per heavy atom. The number of hydrogen-bond donors (Lipinski definition) is 0. The number of carbonyl (C=O) groups is 1. The number of para-hydroxylation sites is 1. The van der Waals surface area contributed by atoms with E-state index in [0.717, 1.165) is 22.4 Å². The first-order valence-electron chi connectivity index (χ1n) is 11.1. The van der Waals surface area contributed by atoms with Crippen molar-refractivity contribution in [1.29, 1.82) is 0 Å². The van der Waals surface area contributed by atoms with Gasteiger partial charge in [0.05, 0.1) is 19.3 Å². The Morgan fingerprint density at radius 3 is 2.58 bits per heavy atom. The summed E-state index contributed by atoms with van der Waals surface area (Å²) in [6, 6.07) is 13.4. The number of hydrogen-bond acceptors (Lipinski definition) is 7. The number of esters is 1. The number of aromatic nitrogens is 1. The van der Waals surface area contributed by atoms with E-state index in [0.29, 0.717) is 42.8 Å². The van der Waals surface area contributed by atoms with E-state index in [1.807, 2.05) is 63.2 Å². The fourth-order valence-electron chi connectivity index (χ4n) is 3.48. The second kappa shape index (κ2) is 11.5. The van der Waals surface area contributed by atoms with Crippen molar-refractivity contribution in [3.8, 4) is 23.0 Å². The van der Waals surface area contributed by atoms with Gasteiger partial charge in [0.25, 0.3) is 0 Å². The fraction of sp³-hybridized carbons (Fsp3) is 0.385. The normalized spacial score (nSPS) is 11.8. The molecule has 1 unspecified atom stereocenters. The van der Waals surface area contributed by atoms with E-state index in [4.69, 9.17) is 23.4 Å². The van der Waals surface area contributed by atoms with Crippen LogP contribution in [-0.2, 0) is 27.3 Å². The van der Waals surface area contributed by atoms with Gasteiger partial charge in [-0.3, -0.25) is 0 Å². The summed E-state index contributed by atoms with van der Waals surface area (Å²) in [6.45, 7) is 8.54. The van der Waals surface area contributed by atoms with Crippen molar-refractivity contribution in [1.82, 2.24) is 4.98 Å². The van der Waals surface area contributed by atoms with Crippen molar-refractivity contribution in [3.63, 3.8) is 0 Å². The number of ether oxygens (including phenoxy) is 4. The molecule has 2 aromatic carbocycles. The maximum Gasteiger partial charge on any atom is 0.335 e. The average Bonchev–Trinajstić information content (AvgIpc) is 3.19. The molecule has 0 bridgehead atoms. The van der Waals surface area contributed by atoms with Crippen LogP contribution >= 0.6 is 0 Å². The van der Waals surface area contributed by atoms with Gasteiger partial charge in [-0.25, -0.2) is 9.78 Å². The lowest BCUT2D eigenvalue weighted by Gasteiger charge is -2.17. The van der Waals surface area contributed by atoms with Crippen molar-refractivity contribution in [2.24, 2.45) is 0 Å². The maximum absolute atomic E-state index is 12.2. The summed E-state index contributed by atoms with van der Waals surface area (Å²) in [5.74, 6) is 2.26. The van der Waals surface area contributed by atoms with Gasteiger partial charge < -0.3 is 23.4 Å². The number of rotatable bonds is 11. The van der Waals surface area contributed by atoms with Crippen LogP contribution in [0.5, 0.6) is 11.5 Å². The molecular formula is C26H31NO6. The van der Waals surface area contributed by atoms with Gasteiger partial charge in [-0.15, -0.1) is 0 Å². The molecule has 176 valence electrons. The number of nitrogens with zero attached hydrogens (tertiary/aromatic N) is 1. The molecule has 0 aliphatic carbocycles. The highest BCUT2D eigenvalue weighted by Gasteiger charge is 2.21. The SMILES string of the molecule is CCOC(=O)C(Cc1ccc(OCc2nc(-c3ccccc3OC)oc2C)cc1C)OCC. The van der Waals surface area contributed by atoms with Crippen LogP contribution in [0.4, 0.5) is 0 Å². The summed E-state index contributed by atoms with van der Waals surface area (Å²) in [5, 5.41) is 0. The minimum absolute atomic E-state index is 0.271. The van der Waals surface area contributed by atoms with Gasteiger partial charge in [-0.2, -0.15) is 0 Å². The first-order chi connectivity index (χ1) is 16.0. The van der Waals surface area contributed by atoms with E-state index in [2.05, 4.69) is 4.98 Å². The van der Waals surface area contributed by atoms with Crippen LogP contribution in [-0.4, -0.2) is 37.4 Å². The molecule has 0 saturated heterocycles. The molecule has 0 aliphatic heterocycles. The molecular weight excluding hydrogens is 422 g/mol. The van der Waals surface area contributed by atoms with Gasteiger partial charge in [0, 0.05) is 13.0 Å². The lowest BCUT2D eigenvalue weighted by molar-refractivity contribution is -0.156. The third-order valence-electron chi connectivity index (χ3n) is 5.24. The minimum atomic E-state index is -0.619. The lowest BCUT2D eigenvalue weighted by atomic mass is 10.0. The highest BCUT2D eigenvalue weighted by molar-refractivity contribution is 5.75. The summed E-state index contributed by atoms with van der Waals surface area (Å²) in [6.07, 6.45) is -0.171. The van der Waals surface area contributed by atoms with Crippen LogP contribution in [0.3, 0.4) is 0 Å². The molecule has 1 aromatic heterocycles. The van der Waals surface area contributed by atoms with E-state index in [1.54, 1.807) is 14.0 Å². The highest BCUT2D eigenvalue weighted by Crippen LogP contribution is 2.30. The first kappa shape index (κ1) is 24.3. The summed E-state index contributed by atoms with van der Waals surface area (Å²) < 4.78 is 27.9. The van der Waals surface area contributed by atoms with Crippen LogP contribution in [0, 0.1) is 13.8 Å². The Labute approximate surface area is 194 Å². The second-order valence-corrected chi connectivity index (χ2v) is 7.50. The Hall–Kier alpha value is -3.32. The van der Waals surface area contributed by atoms with Gasteiger partial charge >= 0.3 is 5.97 Å². The summed E-state index contributed by atoms with van der Waals surface area (Å²) in [4.78, 5) is 16.8. The molecule has 0 fully saturated rings. The predicted molar refractivity (Wildman–Crippen MR) is 124 cm³/mol. The molecule has 0 spiro atoms. The maximum atomic E-state index is 12.2. The zero-order valence-corrected chi connectivity index (χ0v) is 19.8. The van der Waals surface area contributed by atoms with Crippen molar-refractivity contribution in [3.05, 3.63) is 65.0 Å². The number of carbonyl (C=O) groups excluding carboxylic acids is 1. The number of methoxy groups -OCH3 is 1. The van der Waals surface area contributed by atoms with Crippen molar-refractivity contribution in [2.45, 2.75) is 46.8 Å². The Balaban J connectivity index is 1.68. The van der Waals surface area contributed by atoms with E-state index in [1.165, 1.54) is 0 Å². The van der Waals surface area contributed by atoms with Gasteiger partial charge in [0.15, 0.2) is 6.10 Å². The Bertz CT molecular complexity index is 1070. The smallest absolute Gasteiger partial charge is 0.335 e. The summed E-state index contributed by atoms with van der Waals surface area (Å²) >= 11 is 0. The van der Waals surface area contributed by atoms with Gasteiger partial charge in [0.2, 0.25) is 5.89 Å². The zero-order chi connectivity index (χ0) is 23.8. The molecule has 7 heteroatoms. The predicted octanol–water partition coefficient (Wildman–Crippen LogP) is 5.06. The monoisotopic (exact) mass is 453 g/mol. The second-order valence-electron chi connectivity index (χ2n) is 7.50. The average molecular weight is 454 g/mol. The third kappa shape index (κ3) is 6.14. The topological polar surface area (TPSA) is 80.0 Å². The lowest BCUT2D eigenvalue weighted by Crippen LogP contribution is -2.29. The zero-order valence-electron chi connectivity index (χ0n) is 19.8. The number of oxazole rings is 1. The molecule has 33 heavy (non-hydrogen) atoms. The quantitative estimate of drug-likeness (QED) is 0.376. The van der Waals surface area contributed by atoms with Gasteiger partial charge in [-0.05, 0) is 63.1 Å². The third-order valence-corrected chi connectivity index (χ3v) is 5.24. The van der Waals surface area contributed by atoms with Crippen LogP contribution in [0.15, 0.2) is 46.9 Å². The Morgan fingerprint density at radius 2 is 1.88 bits per heavy atom. The molecule has 7 nitrogen and oxygen atoms in total. The summed E-state index contributed by atoms with van der Waals surface area (Å²) in [5.41, 5.74) is 3.52. The first-order valence-corrected chi connectivity index (χ1v) is 11.1. The van der Waals surface area contributed by atoms with Crippen LogP contribution in [0.1, 0.15) is 36.4 Å². The van der Waals surface area contributed by atoms with Crippen LogP contribution in [0.25, 0.3) is 11.5 Å². The van der Waals surface area contributed by atoms with E-state index >= 15 is 0 Å². The van der Waals surface area contributed by atoms with E-state index in [9.17, 15) is 4.79 Å². The van der Waals surface area contributed by atoms with Gasteiger partial charge in [0.1, 0.15) is 29.6 Å². The standard InChI is InChI=1S/C26H31NO6/c1-6-30-24(26(28)31-7-2)15-19-12-13-20(14-17(19)3)32-16-22-18(4)33-25(27-22)21-10-8-9-11-23(21)29-5/h8-14,24H,6-7,15-16H2,1-5H3. The summed E-state index contributed by atoms with van der Waals surface area (Å²) in [7, 11) is 1.62. The number of benzene rings is 2. The molecule has 3 rings (SSSR count). The van der Waals surface area contributed by atoms with E-state index in [-0.39, 0.29) is 12.6 Å². The molecule has 0 radical (unpaired) electrons. The molecule has 3 aromatic rings. The largest absolute Gasteiger partial charge is 0.496 e. The molecule has 0 N–H and O–H groups in total. The van der Waals surface area contributed by atoms with Crippen molar-refractivity contribution < 1.29 is 28.2 Å². The van der Waals surface area contributed by atoms with Crippen LogP contribution < -0.4 is 9.47 Å². The molecule has 1 atom stereocenters. The molecule has 0 aliphatic rings. The van der Waals surface area contributed by atoms with Crippen molar-refractivity contribution in [2.75, 3.05) is 20.3 Å². The highest BCUT2D eigenvalue weighted by atomic mass is 16.6. The van der Waals surface area contributed by atoms with Gasteiger partial charge in [-0.1, -0.05) is 18.2 Å². The minimum Gasteiger partial charge on any atom is -0.496 e. The van der Waals surface area contributed by atoms with Crippen LogP contribution in [0.2, 0.25) is 0 Å². The molecule has 0 amide bonds. The fourth-order valence-corrected chi connectivity index (χ4v) is 3.48. The van der Waals surface area contributed by atoms with E-state index < -0.39 is 6.10 Å². The molecule has 0 saturated carbocycles. The van der Waals surface area contributed by atoms with Crippen molar-refractivity contribution >= 4 is 5.97 Å².